The SMILES string of the molecule is N=C1NC(=O)C(=Cc2ccc(Cl)c(Cl)c2)S1. The van der Waals surface area contributed by atoms with Crippen LogP contribution in [0.15, 0.2) is 23.1 Å². The lowest BCUT2D eigenvalue weighted by molar-refractivity contribution is -0.115. The lowest BCUT2D eigenvalue weighted by atomic mass is 10.2. The van der Waals surface area contributed by atoms with Gasteiger partial charge in [-0.05, 0) is 35.5 Å². The minimum atomic E-state index is -0.263. The summed E-state index contributed by atoms with van der Waals surface area (Å²) in [5.74, 6) is -0.263. The summed E-state index contributed by atoms with van der Waals surface area (Å²) in [5, 5.41) is 10.7. The van der Waals surface area contributed by atoms with E-state index in [4.69, 9.17) is 28.6 Å². The van der Waals surface area contributed by atoms with Crippen LogP contribution in [-0.4, -0.2) is 11.1 Å². The standard InChI is InChI=1S/C10H6Cl2N2OS/c11-6-2-1-5(3-7(6)12)4-8-9(15)14-10(13)16-8/h1-4H,(H2,13,14,15). The van der Waals surface area contributed by atoms with Crippen molar-refractivity contribution in [1.82, 2.24) is 5.32 Å². The van der Waals surface area contributed by atoms with E-state index in [1.807, 2.05) is 0 Å². The third-order valence-corrected chi connectivity index (χ3v) is 3.47. The Balaban J connectivity index is 2.32. The molecule has 16 heavy (non-hydrogen) atoms. The number of rotatable bonds is 1. The molecule has 1 fully saturated rings. The van der Waals surface area contributed by atoms with Gasteiger partial charge in [-0.3, -0.25) is 10.2 Å². The lowest BCUT2D eigenvalue weighted by Crippen LogP contribution is -2.18. The van der Waals surface area contributed by atoms with Gasteiger partial charge in [-0.15, -0.1) is 0 Å². The zero-order valence-corrected chi connectivity index (χ0v) is 10.2. The summed E-state index contributed by atoms with van der Waals surface area (Å²) in [6, 6.07) is 5.10. The van der Waals surface area contributed by atoms with Gasteiger partial charge in [0.25, 0.3) is 5.91 Å². The molecule has 1 aromatic rings. The maximum Gasteiger partial charge on any atom is 0.264 e. The highest BCUT2D eigenvalue weighted by Crippen LogP contribution is 2.28. The predicted molar refractivity (Wildman–Crippen MR) is 67.9 cm³/mol. The Hall–Kier alpha value is -0.970. The Bertz CT molecular complexity index is 514. The highest BCUT2D eigenvalue weighted by molar-refractivity contribution is 8.18. The molecular formula is C10H6Cl2N2OS. The van der Waals surface area contributed by atoms with Crippen molar-refractivity contribution >= 4 is 52.1 Å². The molecule has 1 saturated heterocycles. The Labute approximate surface area is 106 Å². The second-order valence-corrected chi connectivity index (χ2v) is 4.93. The number of hydrogen-bond acceptors (Lipinski definition) is 3. The second-order valence-electron chi connectivity index (χ2n) is 3.07. The first-order chi connectivity index (χ1) is 7.56. The van der Waals surface area contributed by atoms with Crippen LogP contribution in [0.3, 0.4) is 0 Å². The van der Waals surface area contributed by atoms with Crippen LogP contribution in [0.1, 0.15) is 5.56 Å². The van der Waals surface area contributed by atoms with Crippen LogP contribution < -0.4 is 5.32 Å². The van der Waals surface area contributed by atoms with Gasteiger partial charge in [-0.1, -0.05) is 29.3 Å². The van der Waals surface area contributed by atoms with E-state index in [0.29, 0.717) is 15.0 Å². The van der Waals surface area contributed by atoms with E-state index in [1.54, 1.807) is 24.3 Å². The number of thioether (sulfide) groups is 1. The molecule has 0 atom stereocenters. The zero-order valence-electron chi connectivity index (χ0n) is 7.88. The molecule has 1 heterocycles. The van der Waals surface area contributed by atoms with E-state index in [1.165, 1.54) is 0 Å². The Morgan fingerprint density at radius 3 is 2.62 bits per heavy atom. The number of hydrogen-bond donors (Lipinski definition) is 2. The average Bonchev–Trinajstić information content (AvgIpc) is 2.51. The topological polar surface area (TPSA) is 53.0 Å². The van der Waals surface area contributed by atoms with Crippen LogP contribution in [0.25, 0.3) is 6.08 Å². The Morgan fingerprint density at radius 1 is 1.31 bits per heavy atom. The van der Waals surface area contributed by atoms with Crippen molar-refractivity contribution in [2.45, 2.75) is 0 Å². The monoisotopic (exact) mass is 272 g/mol. The van der Waals surface area contributed by atoms with E-state index in [9.17, 15) is 4.79 Å². The lowest BCUT2D eigenvalue weighted by Gasteiger charge is -1.98. The molecule has 1 aliphatic heterocycles. The van der Waals surface area contributed by atoms with Crippen molar-refractivity contribution in [3.8, 4) is 0 Å². The summed E-state index contributed by atoms with van der Waals surface area (Å²) < 4.78 is 0. The number of nitrogens with one attached hydrogen (secondary N) is 2. The highest BCUT2D eigenvalue weighted by Gasteiger charge is 2.22. The molecule has 6 heteroatoms. The maximum absolute atomic E-state index is 11.3. The first kappa shape index (κ1) is 11.5. The van der Waals surface area contributed by atoms with Gasteiger partial charge in [0, 0.05) is 0 Å². The van der Waals surface area contributed by atoms with Gasteiger partial charge >= 0.3 is 0 Å². The van der Waals surface area contributed by atoms with Gasteiger partial charge in [0.15, 0.2) is 5.17 Å². The van der Waals surface area contributed by atoms with Gasteiger partial charge in [0.05, 0.1) is 15.0 Å². The molecule has 1 aliphatic rings. The fourth-order valence-corrected chi connectivity index (χ4v) is 2.20. The van der Waals surface area contributed by atoms with Crippen molar-refractivity contribution in [1.29, 1.82) is 5.41 Å². The molecule has 0 aromatic heterocycles. The third-order valence-electron chi connectivity index (χ3n) is 1.90. The molecular weight excluding hydrogens is 267 g/mol. The molecule has 0 aliphatic carbocycles. The van der Waals surface area contributed by atoms with Crippen LogP contribution in [0.4, 0.5) is 0 Å². The molecule has 2 N–H and O–H groups in total. The first-order valence-corrected chi connectivity index (χ1v) is 5.88. The summed E-state index contributed by atoms with van der Waals surface area (Å²) in [6.45, 7) is 0. The van der Waals surface area contributed by atoms with Gasteiger partial charge < -0.3 is 5.32 Å². The van der Waals surface area contributed by atoms with Gasteiger partial charge in [-0.2, -0.15) is 0 Å². The quantitative estimate of drug-likeness (QED) is 0.772. The number of amidine groups is 1. The fourth-order valence-electron chi connectivity index (χ4n) is 1.20. The van der Waals surface area contributed by atoms with E-state index in [2.05, 4.69) is 5.32 Å². The van der Waals surface area contributed by atoms with E-state index < -0.39 is 0 Å². The number of carbonyl (C=O) groups is 1. The van der Waals surface area contributed by atoms with Crippen LogP contribution >= 0.6 is 35.0 Å². The largest absolute Gasteiger partial charge is 0.301 e. The van der Waals surface area contributed by atoms with Crippen LogP contribution in [-0.2, 0) is 4.79 Å². The van der Waals surface area contributed by atoms with Crippen molar-refractivity contribution in [3.05, 3.63) is 38.7 Å². The molecule has 1 aromatic carbocycles. The summed E-state index contributed by atoms with van der Waals surface area (Å²) in [6.07, 6.45) is 1.67. The number of benzene rings is 1. The Morgan fingerprint density at radius 2 is 2.06 bits per heavy atom. The molecule has 82 valence electrons. The van der Waals surface area contributed by atoms with Gasteiger partial charge in [0.1, 0.15) is 0 Å². The highest BCUT2D eigenvalue weighted by atomic mass is 35.5. The molecule has 3 nitrogen and oxygen atoms in total. The van der Waals surface area contributed by atoms with Crippen LogP contribution in [0.5, 0.6) is 0 Å². The minimum absolute atomic E-state index is 0.135. The van der Waals surface area contributed by atoms with Crippen LogP contribution in [0.2, 0.25) is 10.0 Å². The molecule has 0 bridgehead atoms. The van der Waals surface area contributed by atoms with Crippen molar-refractivity contribution in [2.24, 2.45) is 0 Å². The number of halogens is 2. The smallest absolute Gasteiger partial charge is 0.264 e. The van der Waals surface area contributed by atoms with E-state index >= 15 is 0 Å². The minimum Gasteiger partial charge on any atom is -0.301 e. The first-order valence-electron chi connectivity index (χ1n) is 4.31. The summed E-state index contributed by atoms with van der Waals surface area (Å²) in [4.78, 5) is 11.8. The van der Waals surface area contributed by atoms with Gasteiger partial charge in [-0.25, -0.2) is 0 Å². The van der Waals surface area contributed by atoms with Crippen molar-refractivity contribution in [3.63, 3.8) is 0 Å². The molecule has 0 unspecified atom stereocenters. The maximum atomic E-state index is 11.3. The normalized spacial score (nSPS) is 18.0. The predicted octanol–water partition coefficient (Wildman–Crippen LogP) is 3.13. The van der Waals surface area contributed by atoms with E-state index in [0.717, 1.165) is 17.3 Å². The molecule has 1 amide bonds. The summed E-state index contributed by atoms with van der Waals surface area (Å²) in [7, 11) is 0. The zero-order chi connectivity index (χ0) is 11.7. The van der Waals surface area contributed by atoms with E-state index in [-0.39, 0.29) is 11.1 Å². The third kappa shape index (κ3) is 2.40. The van der Waals surface area contributed by atoms with Crippen molar-refractivity contribution < 1.29 is 4.79 Å². The molecule has 2 rings (SSSR count). The Kier molecular flexibility index (Phi) is 3.23. The number of carbonyl (C=O) groups excluding carboxylic acids is 1. The fraction of sp³-hybridized carbons (Fsp3) is 0. The summed E-state index contributed by atoms with van der Waals surface area (Å²) >= 11 is 12.7. The summed E-state index contributed by atoms with van der Waals surface area (Å²) in [5.41, 5.74) is 0.779. The van der Waals surface area contributed by atoms with Gasteiger partial charge in [0.2, 0.25) is 0 Å². The molecule has 0 saturated carbocycles. The second kappa shape index (κ2) is 4.49. The molecule has 0 spiro atoms. The number of amides is 1. The van der Waals surface area contributed by atoms with Crippen LogP contribution in [0, 0.1) is 5.41 Å². The van der Waals surface area contributed by atoms with Crippen molar-refractivity contribution in [2.75, 3.05) is 0 Å². The average molecular weight is 273 g/mol. The molecule has 0 radical (unpaired) electrons.